The van der Waals surface area contributed by atoms with Crippen molar-refractivity contribution in [2.75, 3.05) is 0 Å². The molecule has 0 aliphatic carbocycles. The van der Waals surface area contributed by atoms with Gasteiger partial charge in [-0.05, 0) is 12.5 Å². The molecule has 0 spiro atoms. The van der Waals surface area contributed by atoms with Gasteiger partial charge >= 0.3 is 0 Å². The van der Waals surface area contributed by atoms with Crippen LogP contribution in [0.5, 0.6) is 0 Å². The van der Waals surface area contributed by atoms with Crippen LogP contribution in [0.25, 0.3) is 0 Å². The van der Waals surface area contributed by atoms with Gasteiger partial charge in [0.15, 0.2) is 12.5 Å². The molecule has 5 atom stereocenters. The lowest BCUT2D eigenvalue weighted by molar-refractivity contribution is -0.241. The molecule has 3 N–H and O–H groups in total. The molecule has 1 aliphatic heterocycles. The van der Waals surface area contributed by atoms with Gasteiger partial charge in [0.2, 0.25) is 0 Å². The molecule has 0 amide bonds. The predicted molar refractivity (Wildman–Crippen MR) is 64.4 cm³/mol. The Morgan fingerprint density at radius 3 is 2.72 bits per heavy atom. The summed E-state index contributed by atoms with van der Waals surface area (Å²) in [6.07, 6.45) is -4.39. The number of aliphatic hydroxyl groups excluding tert-OH is 1. The van der Waals surface area contributed by atoms with E-state index in [1.165, 1.54) is 0 Å². The zero-order valence-corrected chi connectivity index (χ0v) is 10.2. The highest BCUT2D eigenvalue weighted by Crippen LogP contribution is 2.24. The second kappa shape index (κ2) is 5.75. The minimum absolute atomic E-state index is 0.263. The van der Waals surface area contributed by atoms with Gasteiger partial charge in [-0.1, -0.05) is 30.3 Å². The maximum atomic E-state index is 13.8. The van der Waals surface area contributed by atoms with E-state index in [4.69, 9.17) is 15.2 Å². The number of nitrogens with two attached hydrogens (primary N) is 1. The molecule has 0 aromatic heterocycles. The number of aliphatic hydroxyl groups is 1. The Bertz CT molecular complexity index is 362. The van der Waals surface area contributed by atoms with Crippen LogP contribution in [0.15, 0.2) is 30.3 Å². The van der Waals surface area contributed by atoms with E-state index in [2.05, 4.69) is 0 Å². The van der Waals surface area contributed by atoms with Crippen molar-refractivity contribution in [2.45, 2.75) is 44.2 Å². The molecule has 5 unspecified atom stereocenters. The van der Waals surface area contributed by atoms with E-state index in [0.29, 0.717) is 0 Å². The van der Waals surface area contributed by atoms with Crippen LogP contribution in [0.3, 0.4) is 0 Å². The van der Waals surface area contributed by atoms with E-state index in [0.717, 1.165) is 5.56 Å². The number of hydrogen-bond acceptors (Lipinski definition) is 4. The molecule has 100 valence electrons. The van der Waals surface area contributed by atoms with Gasteiger partial charge in [-0.3, -0.25) is 0 Å². The number of halogens is 1. The first-order valence-electron chi connectivity index (χ1n) is 5.98. The Kier molecular flexibility index (Phi) is 4.29. The zero-order chi connectivity index (χ0) is 13.1. The van der Waals surface area contributed by atoms with Crippen molar-refractivity contribution >= 4 is 0 Å². The second-order valence-corrected chi connectivity index (χ2v) is 4.51. The minimum atomic E-state index is -1.63. The summed E-state index contributed by atoms with van der Waals surface area (Å²) in [5, 5.41) is 9.40. The van der Waals surface area contributed by atoms with Crippen LogP contribution in [-0.4, -0.2) is 35.8 Å². The number of rotatable bonds is 3. The molecule has 18 heavy (non-hydrogen) atoms. The molecule has 0 saturated carbocycles. The first kappa shape index (κ1) is 13.4. The molecular formula is C13H18FNO3. The van der Waals surface area contributed by atoms with Crippen LogP contribution in [0, 0.1) is 0 Å². The van der Waals surface area contributed by atoms with Crippen molar-refractivity contribution < 1.29 is 19.0 Å². The van der Waals surface area contributed by atoms with Crippen LogP contribution in [-0.2, 0) is 16.1 Å². The molecule has 1 saturated heterocycles. The van der Waals surface area contributed by atoms with Gasteiger partial charge in [-0.15, -0.1) is 0 Å². The lowest BCUT2D eigenvalue weighted by atomic mass is 9.98. The molecule has 5 heteroatoms. The summed E-state index contributed by atoms with van der Waals surface area (Å²) in [7, 11) is 0. The fraction of sp³-hybridized carbons (Fsp3) is 0.538. The van der Waals surface area contributed by atoms with Crippen molar-refractivity contribution in [3.05, 3.63) is 35.9 Å². The lowest BCUT2D eigenvalue weighted by Gasteiger charge is -2.38. The Balaban J connectivity index is 1.98. The fourth-order valence-corrected chi connectivity index (χ4v) is 2.00. The highest BCUT2D eigenvalue weighted by molar-refractivity contribution is 5.13. The summed E-state index contributed by atoms with van der Waals surface area (Å²) >= 11 is 0. The van der Waals surface area contributed by atoms with Gasteiger partial charge in [-0.25, -0.2) is 4.39 Å². The summed E-state index contributed by atoms with van der Waals surface area (Å²) in [6.45, 7) is 1.96. The van der Waals surface area contributed by atoms with Gasteiger partial charge < -0.3 is 20.3 Å². The highest BCUT2D eigenvalue weighted by atomic mass is 19.1. The van der Waals surface area contributed by atoms with Crippen molar-refractivity contribution in [3.63, 3.8) is 0 Å². The van der Waals surface area contributed by atoms with Crippen LogP contribution < -0.4 is 5.73 Å². The van der Waals surface area contributed by atoms with Gasteiger partial charge in [-0.2, -0.15) is 0 Å². The molecule has 1 aromatic carbocycles. The third-order valence-electron chi connectivity index (χ3n) is 3.15. The van der Waals surface area contributed by atoms with Gasteiger partial charge in [0.05, 0.1) is 18.8 Å². The van der Waals surface area contributed by atoms with Crippen LogP contribution >= 0.6 is 0 Å². The molecule has 0 bridgehead atoms. The molecule has 2 rings (SSSR count). The monoisotopic (exact) mass is 255 g/mol. The van der Waals surface area contributed by atoms with E-state index in [-0.39, 0.29) is 6.61 Å². The van der Waals surface area contributed by atoms with E-state index >= 15 is 0 Å². The second-order valence-electron chi connectivity index (χ2n) is 4.51. The number of alkyl halides is 1. The third-order valence-corrected chi connectivity index (χ3v) is 3.15. The largest absolute Gasteiger partial charge is 0.369 e. The zero-order valence-electron chi connectivity index (χ0n) is 10.2. The summed E-state index contributed by atoms with van der Waals surface area (Å²) in [5.74, 6) is 0. The lowest BCUT2D eigenvalue weighted by Crippen LogP contribution is -2.59. The van der Waals surface area contributed by atoms with Crippen molar-refractivity contribution in [3.8, 4) is 0 Å². The summed E-state index contributed by atoms with van der Waals surface area (Å²) in [6, 6.07) is 8.84. The topological polar surface area (TPSA) is 64.7 Å². The quantitative estimate of drug-likeness (QED) is 0.845. The molecule has 0 radical (unpaired) electrons. The fourth-order valence-electron chi connectivity index (χ4n) is 2.00. The van der Waals surface area contributed by atoms with E-state index < -0.39 is 30.7 Å². The summed E-state index contributed by atoms with van der Waals surface area (Å²) in [4.78, 5) is 0. The van der Waals surface area contributed by atoms with Crippen molar-refractivity contribution in [1.29, 1.82) is 0 Å². The van der Waals surface area contributed by atoms with Crippen molar-refractivity contribution in [2.24, 2.45) is 5.73 Å². The molecule has 4 nitrogen and oxygen atoms in total. The maximum Gasteiger partial charge on any atom is 0.189 e. The highest BCUT2D eigenvalue weighted by Gasteiger charge is 2.43. The number of benzene rings is 1. The molecule has 1 heterocycles. The first-order valence-corrected chi connectivity index (χ1v) is 5.98. The van der Waals surface area contributed by atoms with E-state index in [1.807, 2.05) is 30.3 Å². The number of ether oxygens (including phenoxy) is 2. The minimum Gasteiger partial charge on any atom is -0.369 e. The van der Waals surface area contributed by atoms with E-state index in [1.54, 1.807) is 6.92 Å². The molecule has 1 aromatic rings. The Hall–Kier alpha value is -1.01. The predicted octanol–water partition coefficient (Wildman–Crippen LogP) is 0.974. The van der Waals surface area contributed by atoms with Crippen molar-refractivity contribution in [1.82, 2.24) is 0 Å². The molecule has 1 aliphatic rings. The average Bonchev–Trinajstić information content (AvgIpc) is 2.38. The van der Waals surface area contributed by atoms with Crippen LogP contribution in [0.2, 0.25) is 0 Å². The Morgan fingerprint density at radius 1 is 1.39 bits per heavy atom. The van der Waals surface area contributed by atoms with E-state index in [9.17, 15) is 9.50 Å². The maximum absolute atomic E-state index is 13.8. The van der Waals surface area contributed by atoms with Gasteiger partial charge in [0.25, 0.3) is 0 Å². The summed E-state index contributed by atoms with van der Waals surface area (Å²) < 4.78 is 24.3. The third kappa shape index (κ3) is 2.87. The van der Waals surface area contributed by atoms with Crippen LogP contribution in [0.4, 0.5) is 4.39 Å². The first-order chi connectivity index (χ1) is 8.59. The molecule has 1 fully saturated rings. The summed E-state index contributed by atoms with van der Waals surface area (Å²) in [5.41, 5.74) is 6.77. The van der Waals surface area contributed by atoms with Crippen LogP contribution in [0.1, 0.15) is 12.5 Å². The normalized spacial score (nSPS) is 36.6. The Labute approximate surface area is 106 Å². The Morgan fingerprint density at radius 2 is 2.06 bits per heavy atom. The smallest absolute Gasteiger partial charge is 0.189 e. The standard InChI is InChI=1S/C13H18FNO3/c1-8-11(15)12(10(14)13(16)18-8)17-7-9-5-3-2-4-6-9/h2-6,8,10-13,16H,7,15H2,1H3. The average molecular weight is 255 g/mol. The number of hydrogen-bond donors (Lipinski definition) is 2. The SMILES string of the molecule is CC1OC(O)C(F)C(OCc2ccccc2)C1N. The van der Waals surface area contributed by atoms with Gasteiger partial charge in [0.1, 0.15) is 6.10 Å². The van der Waals surface area contributed by atoms with Gasteiger partial charge in [0, 0.05) is 0 Å². The molecular weight excluding hydrogens is 237 g/mol.